The molecule has 2 aromatic rings. The number of nitrogens with one attached hydrogen (secondary N) is 1. The number of aromatic nitrogens is 3. The molecule has 1 aromatic heterocycles. The number of hydrogen-bond donors (Lipinski definition) is 1. The van der Waals surface area contributed by atoms with Crippen LogP contribution in [0.15, 0.2) is 24.4 Å². The first kappa shape index (κ1) is 22.3. The molecule has 1 N–H and O–H groups in total. The first-order chi connectivity index (χ1) is 14.0. The van der Waals surface area contributed by atoms with E-state index in [-0.39, 0.29) is 12.3 Å². The molecular formula is C19H26N4O6. The van der Waals surface area contributed by atoms with Gasteiger partial charge in [-0.25, -0.2) is 9.48 Å². The number of anilines is 1. The van der Waals surface area contributed by atoms with Gasteiger partial charge in [0.15, 0.2) is 18.6 Å². The van der Waals surface area contributed by atoms with Crippen molar-refractivity contribution in [2.24, 2.45) is 0 Å². The molecule has 0 bridgehead atoms. The average Bonchev–Trinajstić information content (AvgIpc) is 3.17. The van der Waals surface area contributed by atoms with E-state index in [1.807, 2.05) is 20.8 Å². The second kappa shape index (κ2) is 11.1. The SMILES string of the molecule is CCOC(Cn1cc(C(=O)Nc2ccc(OCC(=O)OC)cc2C)nn1)OCC. The summed E-state index contributed by atoms with van der Waals surface area (Å²) in [4.78, 5) is 23.6. The molecule has 10 heteroatoms. The van der Waals surface area contributed by atoms with Gasteiger partial charge >= 0.3 is 5.97 Å². The van der Waals surface area contributed by atoms with E-state index in [4.69, 9.17) is 14.2 Å². The number of ether oxygens (including phenoxy) is 4. The van der Waals surface area contributed by atoms with Crippen molar-refractivity contribution in [3.63, 3.8) is 0 Å². The summed E-state index contributed by atoms with van der Waals surface area (Å²) in [6, 6.07) is 5.05. The van der Waals surface area contributed by atoms with Gasteiger partial charge in [-0.05, 0) is 44.5 Å². The van der Waals surface area contributed by atoms with Crippen LogP contribution in [0.5, 0.6) is 5.75 Å². The highest BCUT2D eigenvalue weighted by molar-refractivity contribution is 6.03. The van der Waals surface area contributed by atoms with Crippen LogP contribution in [0.1, 0.15) is 29.9 Å². The first-order valence-corrected chi connectivity index (χ1v) is 9.21. The minimum absolute atomic E-state index is 0.169. The van der Waals surface area contributed by atoms with Crippen LogP contribution in [0.4, 0.5) is 5.69 Å². The number of carbonyl (C=O) groups is 2. The molecule has 0 radical (unpaired) electrons. The molecule has 10 nitrogen and oxygen atoms in total. The predicted octanol–water partition coefficient (Wildman–Crippen LogP) is 1.79. The number of hydrogen-bond acceptors (Lipinski definition) is 8. The molecule has 0 unspecified atom stereocenters. The molecule has 0 saturated heterocycles. The zero-order valence-corrected chi connectivity index (χ0v) is 17.0. The number of esters is 1. The maximum Gasteiger partial charge on any atom is 0.343 e. The van der Waals surface area contributed by atoms with Crippen molar-refractivity contribution in [1.82, 2.24) is 15.0 Å². The maximum atomic E-state index is 12.5. The summed E-state index contributed by atoms with van der Waals surface area (Å²) in [5.41, 5.74) is 1.53. The number of aryl methyl sites for hydroxylation is 1. The molecule has 0 spiro atoms. The highest BCUT2D eigenvalue weighted by Gasteiger charge is 2.15. The molecule has 0 saturated carbocycles. The second-order valence-electron chi connectivity index (χ2n) is 5.96. The van der Waals surface area contributed by atoms with E-state index in [9.17, 15) is 9.59 Å². The third-order valence-corrected chi connectivity index (χ3v) is 3.84. The summed E-state index contributed by atoms with van der Waals surface area (Å²) in [6.45, 7) is 6.71. The molecule has 0 atom stereocenters. The summed E-state index contributed by atoms with van der Waals surface area (Å²) in [6.07, 6.45) is 1.08. The van der Waals surface area contributed by atoms with Gasteiger partial charge in [-0.1, -0.05) is 5.21 Å². The van der Waals surface area contributed by atoms with Crippen LogP contribution in [-0.4, -0.2) is 60.1 Å². The van der Waals surface area contributed by atoms with Crippen molar-refractivity contribution in [2.75, 3.05) is 32.2 Å². The Bertz CT molecular complexity index is 817. The van der Waals surface area contributed by atoms with Crippen molar-refractivity contribution in [1.29, 1.82) is 0 Å². The van der Waals surface area contributed by atoms with Crippen LogP contribution >= 0.6 is 0 Å². The van der Waals surface area contributed by atoms with Gasteiger partial charge in [-0.15, -0.1) is 5.10 Å². The van der Waals surface area contributed by atoms with E-state index in [0.717, 1.165) is 5.56 Å². The van der Waals surface area contributed by atoms with Crippen LogP contribution in [0.3, 0.4) is 0 Å². The molecule has 0 aliphatic carbocycles. The normalized spacial score (nSPS) is 10.8. The summed E-state index contributed by atoms with van der Waals surface area (Å²) >= 11 is 0. The third-order valence-electron chi connectivity index (χ3n) is 3.84. The Morgan fingerprint density at radius 1 is 1.21 bits per heavy atom. The number of benzene rings is 1. The van der Waals surface area contributed by atoms with Crippen LogP contribution < -0.4 is 10.1 Å². The first-order valence-electron chi connectivity index (χ1n) is 9.21. The Morgan fingerprint density at radius 3 is 2.55 bits per heavy atom. The lowest BCUT2D eigenvalue weighted by Gasteiger charge is -2.16. The van der Waals surface area contributed by atoms with Gasteiger partial charge < -0.3 is 24.3 Å². The lowest BCUT2D eigenvalue weighted by Crippen LogP contribution is -2.24. The monoisotopic (exact) mass is 406 g/mol. The van der Waals surface area contributed by atoms with Crippen molar-refractivity contribution < 1.29 is 28.5 Å². The third kappa shape index (κ3) is 6.84. The summed E-state index contributed by atoms with van der Waals surface area (Å²) in [5, 5.41) is 10.6. The van der Waals surface area contributed by atoms with Crippen LogP contribution in [0, 0.1) is 6.92 Å². The van der Waals surface area contributed by atoms with Crippen LogP contribution in [-0.2, 0) is 25.5 Å². The van der Waals surface area contributed by atoms with Crippen molar-refractivity contribution >= 4 is 17.6 Å². The molecule has 29 heavy (non-hydrogen) atoms. The Morgan fingerprint density at radius 2 is 1.93 bits per heavy atom. The van der Waals surface area contributed by atoms with E-state index in [1.54, 1.807) is 18.2 Å². The fourth-order valence-corrected chi connectivity index (χ4v) is 2.42. The maximum absolute atomic E-state index is 12.5. The molecule has 2 rings (SSSR count). The van der Waals surface area contributed by atoms with E-state index in [1.165, 1.54) is 18.0 Å². The summed E-state index contributed by atoms with van der Waals surface area (Å²) < 4.78 is 22.3. The zero-order valence-electron chi connectivity index (χ0n) is 17.0. The lowest BCUT2D eigenvalue weighted by atomic mass is 10.2. The van der Waals surface area contributed by atoms with Gasteiger partial charge in [0.2, 0.25) is 0 Å². The minimum Gasteiger partial charge on any atom is -0.482 e. The number of carbonyl (C=O) groups excluding carboxylic acids is 2. The number of nitrogens with zero attached hydrogens (tertiary/aromatic N) is 3. The van der Waals surface area contributed by atoms with Gasteiger partial charge in [-0.3, -0.25) is 4.79 Å². The van der Waals surface area contributed by atoms with Gasteiger partial charge in [0.25, 0.3) is 5.91 Å². The molecule has 158 valence electrons. The van der Waals surface area contributed by atoms with Crippen LogP contribution in [0.25, 0.3) is 0 Å². The van der Waals surface area contributed by atoms with Crippen molar-refractivity contribution in [2.45, 2.75) is 33.6 Å². The molecule has 1 aromatic carbocycles. The predicted molar refractivity (Wildman–Crippen MR) is 104 cm³/mol. The van der Waals surface area contributed by atoms with Gasteiger partial charge in [0.05, 0.1) is 19.9 Å². The van der Waals surface area contributed by atoms with Gasteiger partial charge in [-0.2, -0.15) is 0 Å². The lowest BCUT2D eigenvalue weighted by molar-refractivity contribution is -0.145. The largest absolute Gasteiger partial charge is 0.482 e. The molecule has 1 amide bonds. The Labute approximate surface area is 169 Å². The number of rotatable bonds is 11. The molecule has 1 heterocycles. The zero-order chi connectivity index (χ0) is 21.2. The Kier molecular flexibility index (Phi) is 8.56. The number of amides is 1. The van der Waals surface area contributed by atoms with Crippen molar-refractivity contribution in [3.05, 3.63) is 35.7 Å². The highest BCUT2D eigenvalue weighted by atomic mass is 16.7. The second-order valence-corrected chi connectivity index (χ2v) is 5.96. The summed E-state index contributed by atoms with van der Waals surface area (Å²) in [7, 11) is 1.29. The summed E-state index contributed by atoms with van der Waals surface area (Å²) in [5.74, 6) is -0.374. The fraction of sp³-hybridized carbons (Fsp3) is 0.474. The van der Waals surface area contributed by atoms with E-state index >= 15 is 0 Å². The van der Waals surface area contributed by atoms with Crippen LogP contribution in [0.2, 0.25) is 0 Å². The van der Waals surface area contributed by atoms with Gasteiger partial charge in [0, 0.05) is 18.9 Å². The van der Waals surface area contributed by atoms with E-state index < -0.39 is 18.2 Å². The standard InChI is InChI=1S/C19H26N4O6/c1-5-27-18(28-6-2)11-23-10-16(21-22-23)19(25)20-15-8-7-14(9-13(15)3)29-12-17(24)26-4/h7-10,18H,5-6,11-12H2,1-4H3,(H,20,25). The minimum atomic E-state index is -0.473. The van der Waals surface area contributed by atoms with E-state index in [2.05, 4.69) is 20.4 Å². The van der Waals surface area contributed by atoms with E-state index in [0.29, 0.717) is 31.2 Å². The average molecular weight is 406 g/mol. The Balaban J connectivity index is 1.98. The quantitative estimate of drug-likeness (QED) is 0.444. The highest BCUT2D eigenvalue weighted by Crippen LogP contribution is 2.22. The Hall–Kier alpha value is -2.98. The van der Waals surface area contributed by atoms with Gasteiger partial charge in [0.1, 0.15) is 5.75 Å². The molecule has 0 aliphatic rings. The topological polar surface area (TPSA) is 114 Å². The number of methoxy groups -OCH3 is 1. The fourth-order valence-electron chi connectivity index (χ4n) is 2.42. The molecular weight excluding hydrogens is 380 g/mol. The van der Waals surface area contributed by atoms with Crippen molar-refractivity contribution in [3.8, 4) is 5.75 Å². The smallest absolute Gasteiger partial charge is 0.343 e. The molecule has 0 aliphatic heterocycles. The molecule has 0 fully saturated rings.